The Kier molecular flexibility index (Phi) is 4.11. The van der Waals surface area contributed by atoms with E-state index in [9.17, 15) is 14.3 Å². The number of rotatable bonds is 5. The summed E-state index contributed by atoms with van der Waals surface area (Å²) in [5.74, 6) is -1.21. The molecule has 118 valence electrons. The molecule has 1 aromatic heterocycles. The second kappa shape index (κ2) is 6.04. The molecule has 6 heteroatoms. The highest BCUT2D eigenvalue weighted by molar-refractivity contribution is 6.01. The van der Waals surface area contributed by atoms with Crippen molar-refractivity contribution in [3.05, 3.63) is 29.7 Å². The van der Waals surface area contributed by atoms with Gasteiger partial charge in [0.1, 0.15) is 5.82 Å². The van der Waals surface area contributed by atoms with Crippen LogP contribution in [0.4, 0.5) is 4.39 Å². The number of carbonyl (C=O) groups is 1. The highest BCUT2D eigenvalue weighted by atomic mass is 19.1. The van der Waals surface area contributed by atoms with Gasteiger partial charge in [-0.15, -0.1) is 0 Å². The fourth-order valence-corrected chi connectivity index (χ4v) is 3.12. The van der Waals surface area contributed by atoms with Crippen LogP contribution in [0.25, 0.3) is 10.9 Å². The van der Waals surface area contributed by atoms with Gasteiger partial charge in [0.25, 0.3) is 0 Å². The smallest absolute Gasteiger partial charge is 0.357 e. The molecule has 5 nitrogen and oxygen atoms in total. The number of benzene rings is 1. The SMILES string of the molecule is CCCC1CC(Cn2nc(C(=O)O)c3ccc(F)cc32)CO1. The zero-order valence-electron chi connectivity index (χ0n) is 12.5. The standard InChI is InChI=1S/C16H19FN2O3/c1-2-3-12-6-10(9-22-12)8-19-14-7-11(17)4-5-13(14)15(18-19)16(20)21/h4-5,7,10,12H,2-3,6,8-9H2,1H3,(H,20,21). The molecule has 0 saturated carbocycles. The lowest BCUT2D eigenvalue weighted by Gasteiger charge is -2.09. The molecule has 1 aromatic carbocycles. The molecule has 0 bridgehead atoms. The summed E-state index contributed by atoms with van der Waals surface area (Å²) in [6, 6.07) is 4.08. The molecular formula is C16H19FN2O3. The highest BCUT2D eigenvalue weighted by Gasteiger charge is 2.26. The van der Waals surface area contributed by atoms with Crippen molar-refractivity contribution < 1.29 is 19.0 Å². The van der Waals surface area contributed by atoms with Gasteiger partial charge in [-0.1, -0.05) is 13.3 Å². The molecule has 1 fully saturated rings. The first-order valence-electron chi connectivity index (χ1n) is 7.59. The van der Waals surface area contributed by atoms with Gasteiger partial charge >= 0.3 is 5.97 Å². The third-order valence-corrected chi connectivity index (χ3v) is 4.12. The summed E-state index contributed by atoms with van der Waals surface area (Å²) in [7, 11) is 0. The Morgan fingerprint density at radius 3 is 3.09 bits per heavy atom. The lowest BCUT2D eigenvalue weighted by atomic mass is 10.0. The Balaban J connectivity index is 1.87. The van der Waals surface area contributed by atoms with Crippen LogP contribution < -0.4 is 0 Å². The zero-order chi connectivity index (χ0) is 15.7. The Morgan fingerprint density at radius 1 is 1.55 bits per heavy atom. The second-order valence-corrected chi connectivity index (χ2v) is 5.84. The van der Waals surface area contributed by atoms with E-state index in [-0.39, 0.29) is 17.7 Å². The molecule has 1 aliphatic rings. The fourth-order valence-electron chi connectivity index (χ4n) is 3.12. The Labute approximate surface area is 127 Å². The van der Waals surface area contributed by atoms with Crippen molar-refractivity contribution in [2.75, 3.05) is 6.61 Å². The highest BCUT2D eigenvalue weighted by Crippen LogP contribution is 2.27. The molecule has 0 aliphatic carbocycles. The van der Waals surface area contributed by atoms with Gasteiger partial charge in [-0.25, -0.2) is 9.18 Å². The summed E-state index contributed by atoms with van der Waals surface area (Å²) in [5.41, 5.74) is 0.496. The molecule has 0 radical (unpaired) electrons. The van der Waals surface area contributed by atoms with E-state index in [0.29, 0.717) is 24.1 Å². The van der Waals surface area contributed by atoms with Crippen LogP contribution in [-0.2, 0) is 11.3 Å². The predicted molar refractivity (Wildman–Crippen MR) is 79.4 cm³/mol. The van der Waals surface area contributed by atoms with E-state index in [1.54, 1.807) is 4.68 Å². The number of halogens is 1. The van der Waals surface area contributed by atoms with Gasteiger partial charge in [0.05, 0.1) is 18.2 Å². The average Bonchev–Trinajstić information content (AvgIpc) is 3.05. The van der Waals surface area contributed by atoms with E-state index < -0.39 is 11.8 Å². The molecule has 22 heavy (non-hydrogen) atoms. The summed E-state index contributed by atoms with van der Waals surface area (Å²) in [6.45, 7) is 3.32. The second-order valence-electron chi connectivity index (χ2n) is 5.84. The first-order valence-corrected chi connectivity index (χ1v) is 7.59. The molecule has 3 rings (SSSR count). The van der Waals surface area contributed by atoms with Gasteiger partial charge < -0.3 is 9.84 Å². The number of carboxylic acids is 1. The molecule has 2 atom stereocenters. The lowest BCUT2D eigenvalue weighted by molar-refractivity contribution is 0.0691. The number of hydrogen-bond donors (Lipinski definition) is 1. The quantitative estimate of drug-likeness (QED) is 0.922. The number of ether oxygens (including phenoxy) is 1. The maximum atomic E-state index is 13.5. The van der Waals surface area contributed by atoms with Gasteiger partial charge in [-0.2, -0.15) is 5.10 Å². The largest absolute Gasteiger partial charge is 0.476 e. The number of hydrogen-bond acceptors (Lipinski definition) is 3. The van der Waals surface area contributed by atoms with E-state index in [1.165, 1.54) is 18.2 Å². The monoisotopic (exact) mass is 306 g/mol. The summed E-state index contributed by atoms with van der Waals surface area (Å²) < 4.78 is 20.8. The van der Waals surface area contributed by atoms with Gasteiger partial charge in [-0.05, 0) is 31.0 Å². The van der Waals surface area contributed by atoms with Gasteiger partial charge in [-0.3, -0.25) is 4.68 Å². The number of carboxylic acid groups (broad SMARTS) is 1. The van der Waals surface area contributed by atoms with Gasteiger partial charge in [0.2, 0.25) is 0 Å². The van der Waals surface area contributed by atoms with Crippen molar-refractivity contribution in [1.29, 1.82) is 0 Å². The Hall–Kier alpha value is -1.95. The minimum absolute atomic E-state index is 0.0287. The maximum Gasteiger partial charge on any atom is 0.357 e. The summed E-state index contributed by atoms with van der Waals surface area (Å²) in [5, 5.41) is 13.9. The van der Waals surface area contributed by atoms with Crippen LogP contribution >= 0.6 is 0 Å². The van der Waals surface area contributed by atoms with Gasteiger partial charge in [0, 0.05) is 17.8 Å². The number of nitrogens with zero attached hydrogens (tertiary/aromatic N) is 2. The summed E-state index contributed by atoms with van der Waals surface area (Å²) in [6.07, 6.45) is 3.32. The molecule has 1 N–H and O–H groups in total. The zero-order valence-corrected chi connectivity index (χ0v) is 12.5. The molecule has 1 aliphatic heterocycles. The molecule has 1 saturated heterocycles. The van der Waals surface area contributed by atoms with Gasteiger partial charge in [0.15, 0.2) is 5.69 Å². The third-order valence-electron chi connectivity index (χ3n) is 4.12. The number of aromatic nitrogens is 2. The Morgan fingerprint density at radius 2 is 2.36 bits per heavy atom. The summed E-state index contributed by atoms with van der Waals surface area (Å²) in [4.78, 5) is 11.3. The molecule has 0 amide bonds. The topological polar surface area (TPSA) is 64.4 Å². The molecule has 2 heterocycles. The van der Waals surface area contributed by atoms with Crippen LogP contribution in [-0.4, -0.2) is 33.6 Å². The maximum absolute atomic E-state index is 13.5. The van der Waals surface area contributed by atoms with E-state index in [0.717, 1.165) is 19.3 Å². The van der Waals surface area contributed by atoms with Crippen LogP contribution in [0, 0.1) is 11.7 Å². The minimum Gasteiger partial charge on any atom is -0.476 e. The van der Waals surface area contributed by atoms with E-state index in [1.807, 2.05) is 0 Å². The normalized spacial score (nSPS) is 21.5. The number of fused-ring (bicyclic) bond motifs is 1. The lowest BCUT2D eigenvalue weighted by Crippen LogP contribution is -2.13. The Bertz CT molecular complexity index is 698. The van der Waals surface area contributed by atoms with Crippen LogP contribution in [0.15, 0.2) is 18.2 Å². The fraction of sp³-hybridized carbons (Fsp3) is 0.500. The first-order chi connectivity index (χ1) is 10.6. The van der Waals surface area contributed by atoms with Crippen LogP contribution in [0.5, 0.6) is 0 Å². The summed E-state index contributed by atoms with van der Waals surface area (Å²) >= 11 is 0. The predicted octanol–water partition coefficient (Wildman–Crippen LogP) is 3.08. The van der Waals surface area contributed by atoms with E-state index in [2.05, 4.69) is 12.0 Å². The molecular weight excluding hydrogens is 287 g/mol. The first kappa shape index (κ1) is 15.0. The van der Waals surface area contributed by atoms with Crippen molar-refractivity contribution in [3.8, 4) is 0 Å². The van der Waals surface area contributed by atoms with Crippen molar-refractivity contribution in [1.82, 2.24) is 9.78 Å². The molecule has 2 aromatic rings. The molecule has 0 spiro atoms. The van der Waals surface area contributed by atoms with Crippen LogP contribution in [0.2, 0.25) is 0 Å². The molecule has 2 unspecified atom stereocenters. The van der Waals surface area contributed by atoms with Crippen molar-refractivity contribution in [2.24, 2.45) is 5.92 Å². The van der Waals surface area contributed by atoms with Crippen LogP contribution in [0.3, 0.4) is 0 Å². The van der Waals surface area contributed by atoms with Crippen molar-refractivity contribution in [2.45, 2.75) is 38.8 Å². The van der Waals surface area contributed by atoms with Crippen molar-refractivity contribution in [3.63, 3.8) is 0 Å². The van der Waals surface area contributed by atoms with Crippen molar-refractivity contribution >= 4 is 16.9 Å². The van der Waals surface area contributed by atoms with E-state index in [4.69, 9.17) is 4.74 Å². The third kappa shape index (κ3) is 2.83. The number of aromatic carboxylic acids is 1. The van der Waals surface area contributed by atoms with Crippen LogP contribution in [0.1, 0.15) is 36.7 Å². The minimum atomic E-state index is -1.10. The average molecular weight is 306 g/mol. The van der Waals surface area contributed by atoms with E-state index >= 15 is 0 Å².